The van der Waals surface area contributed by atoms with E-state index in [1.54, 1.807) is 18.2 Å². The van der Waals surface area contributed by atoms with E-state index in [2.05, 4.69) is 5.32 Å². The highest BCUT2D eigenvalue weighted by Gasteiger charge is 2.47. The zero-order valence-electron chi connectivity index (χ0n) is 14.3. The minimum Gasteiger partial charge on any atom is -0.490 e. The number of hydrogen-bond acceptors (Lipinski definition) is 5. The van der Waals surface area contributed by atoms with Crippen LogP contribution < -0.4 is 14.8 Å². The van der Waals surface area contributed by atoms with E-state index in [1.807, 2.05) is 12.2 Å². The third-order valence-electron chi connectivity index (χ3n) is 4.93. The van der Waals surface area contributed by atoms with E-state index in [-0.39, 0.29) is 30.2 Å². The molecule has 0 saturated carbocycles. The van der Waals surface area contributed by atoms with Gasteiger partial charge in [-0.2, -0.15) is 0 Å². The predicted molar refractivity (Wildman–Crippen MR) is 92.8 cm³/mol. The molecule has 7 heteroatoms. The van der Waals surface area contributed by atoms with Crippen LogP contribution in [-0.2, 0) is 14.4 Å². The lowest BCUT2D eigenvalue weighted by Crippen LogP contribution is -2.38. The van der Waals surface area contributed by atoms with Gasteiger partial charge < -0.3 is 14.8 Å². The lowest BCUT2D eigenvalue weighted by atomic mass is 9.85. The summed E-state index contributed by atoms with van der Waals surface area (Å²) in [7, 11) is 0. The number of anilines is 1. The van der Waals surface area contributed by atoms with Gasteiger partial charge in [-0.3, -0.25) is 19.3 Å². The summed E-state index contributed by atoms with van der Waals surface area (Å²) in [4.78, 5) is 38.3. The van der Waals surface area contributed by atoms with Crippen molar-refractivity contribution < 1.29 is 23.9 Å². The van der Waals surface area contributed by atoms with E-state index in [9.17, 15) is 14.4 Å². The Labute approximate surface area is 150 Å². The molecule has 1 aromatic carbocycles. The van der Waals surface area contributed by atoms with Crippen molar-refractivity contribution in [1.29, 1.82) is 0 Å². The van der Waals surface area contributed by atoms with Gasteiger partial charge >= 0.3 is 0 Å². The number of ether oxygens (including phenoxy) is 2. The van der Waals surface area contributed by atoms with Gasteiger partial charge in [0.2, 0.25) is 17.7 Å². The van der Waals surface area contributed by atoms with Gasteiger partial charge in [0.25, 0.3) is 0 Å². The van der Waals surface area contributed by atoms with Gasteiger partial charge in [0, 0.05) is 18.2 Å². The second-order valence-corrected chi connectivity index (χ2v) is 6.68. The number of rotatable bonds is 3. The van der Waals surface area contributed by atoms with Gasteiger partial charge in [-0.1, -0.05) is 12.2 Å². The number of nitrogens with zero attached hydrogens (tertiary/aromatic N) is 1. The first-order valence-electron chi connectivity index (χ1n) is 8.83. The molecule has 136 valence electrons. The lowest BCUT2D eigenvalue weighted by Gasteiger charge is -2.15. The van der Waals surface area contributed by atoms with Gasteiger partial charge in [0.05, 0.1) is 25.0 Å². The summed E-state index contributed by atoms with van der Waals surface area (Å²) >= 11 is 0. The minimum atomic E-state index is -0.409. The molecule has 2 atom stereocenters. The second-order valence-electron chi connectivity index (χ2n) is 6.68. The fourth-order valence-electron chi connectivity index (χ4n) is 3.61. The average molecular weight is 356 g/mol. The molecule has 26 heavy (non-hydrogen) atoms. The van der Waals surface area contributed by atoms with Crippen LogP contribution in [0, 0.1) is 11.8 Å². The van der Waals surface area contributed by atoms with Gasteiger partial charge in [-0.05, 0) is 25.0 Å². The Kier molecular flexibility index (Phi) is 4.36. The van der Waals surface area contributed by atoms with Crippen LogP contribution in [0.25, 0.3) is 0 Å². The molecule has 2 heterocycles. The number of likely N-dealkylation sites (tertiary alicyclic amines) is 1. The number of amides is 3. The summed E-state index contributed by atoms with van der Waals surface area (Å²) in [6.45, 7) is 0.881. The molecule has 1 N–H and O–H groups in total. The van der Waals surface area contributed by atoms with Gasteiger partial charge in [0.15, 0.2) is 11.5 Å². The average Bonchev–Trinajstić information content (AvgIpc) is 2.82. The maximum Gasteiger partial charge on any atom is 0.244 e. The van der Waals surface area contributed by atoms with E-state index in [0.29, 0.717) is 43.2 Å². The predicted octanol–water partition coefficient (Wildman–Crippen LogP) is 1.74. The van der Waals surface area contributed by atoms with Crippen LogP contribution in [0.5, 0.6) is 11.5 Å². The number of carbonyl (C=O) groups is 3. The Morgan fingerprint density at radius 1 is 1.04 bits per heavy atom. The summed E-state index contributed by atoms with van der Waals surface area (Å²) in [5.74, 6) is -0.339. The molecule has 3 amide bonds. The largest absolute Gasteiger partial charge is 0.490 e. The summed E-state index contributed by atoms with van der Waals surface area (Å²) < 4.78 is 11.2. The molecule has 1 aromatic rings. The third kappa shape index (κ3) is 3.05. The monoisotopic (exact) mass is 356 g/mol. The van der Waals surface area contributed by atoms with Crippen molar-refractivity contribution in [2.75, 3.05) is 25.1 Å². The Hall–Kier alpha value is -2.83. The van der Waals surface area contributed by atoms with Crippen molar-refractivity contribution >= 4 is 23.4 Å². The summed E-state index contributed by atoms with van der Waals surface area (Å²) in [6, 6.07) is 5.14. The lowest BCUT2D eigenvalue weighted by molar-refractivity contribution is -0.142. The Bertz CT molecular complexity index is 762. The molecule has 1 saturated heterocycles. The molecule has 0 spiro atoms. The van der Waals surface area contributed by atoms with Crippen LogP contribution in [-0.4, -0.2) is 42.4 Å². The maximum absolute atomic E-state index is 12.4. The molecule has 0 aromatic heterocycles. The topological polar surface area (TPSA) is 84.9 Å². The number of benzene rings is 1. The number of hydrogen-bond donors (Lipinski definition) is 1. The molecular weight excluding hydrogens is 336 g/mol. The normalized spacial score (nSPS) is 24.2. The SMILES string of the molecule is O=C(CN1C(=O)C2CC=CCC2C1=O)Nc1ccc2c(c1)OCCCO2. The third-order valence-corrected chi connectivity index (χ3v) is 4.93. The highest BCUT2D eigenvalue weighted by atomic mass is 16.5. The van der Waals surface area contributed by atoms with Crippen LogP contribution in [0.4, 0.5) is 5.69 Å². The van der Waals surface area contributed by atoms with Gasteiger partial charge in [-0.25, -0.2) is 0 Å². The molecule has 1 aliphatic carbocycles. The highest BCUT2D eigenvalue weighted by Crippen LogP contribution is 2.35. The van der Waals surface area contributed by atoms with Crippen molar-refractivity contribution in [3.05, 3.63) is 30.4 Å². The van der Waals surface area contributed by atoms with Crippen LogP contribution in [0.15, 0.2) is 30.4 Å². The number of imide groups is 1. The molecule has 4 rings (SSSR count). The molecule has 7 nitrogen and oxygen atoms in total. The van der Waals surface area contributed by atoms with E-state index >= 15 is 0 Å². The van der Waals surface area contributed by atoms with E-state index in [0.717, 1.165) is 11.3 Å². The van der Waals surface area contributed by atoms with Crippen LogP contribution in [0.2, 0.25) is 0 Å². The molecule has 1 fully saturated rings. The first kappa shape index (κ1) is 16.6. The van der Waals surface area contributed by atoms with Crippen molar-refractivity contribution in [2.45, 2.75) is 19.3 Å². The quantitative estimate of drug-likeness (QED) is 0.659. The molecule has 3 aliphatic rings. The minimum absolute atomic E-state index is 0.252. The maximum atomic E-state index is 12.4. The molecule has 0 radical (unpaired) electrons. The van der Waals surface area contributed by atoms with Crippen LogP contribution in [0.1, 0.15) is 19.3 Å². The fourth-order valence-corrected chi connectivity index (χ4v) is 3.61. The number of fused-ring (bicyclic) bond motifs is 2. The number of allylic oxidation sites excluding steroid dienone is 2. The van der Waals surface area contributed by atoms with Crippen LogP contribution in [0.3, 0.4) is 0 Å². The zero-order valence-corrected chi connectivity index (χ0v) is 14.3. The van der Waals surface area contributed by atoms with E-state index in [1.165, 1.54) is 0 Å². The fraction of sp³-hybridized carbons (Fsp3) is 0.421. The second kappa shape index (κ2) is 6.82. The van der Waals surface area contributed by atoms with Gasteiger partial charge in [-0.15, -0.1) is 0 Å². The van der Waals surface area contributed by atoms with Crippen molar-refractivity contribution in [2.24, 2.45) is 11.8 Å². The Balaban J connectivity index is 1.42. The zero-order chi connectivity index (χ0) is 18.1. The van der Waals surface area contributed by atoms with E-state index in [4.69, 9.17) is 9.47 Å². The first-order chi connectivity index (χ1) is 12.6. The standard InChI is InChI=1S/C19H20N2O5/c22-17(11-21-18(23)13-4-1-2-5-14(13)19(21)24)20-12-6-7-15-16(10-12)26-9-3-8-25-15/h1-2,6-7,10,13-14H,3-5,8-9,11H2,(H,20,22). The first-order valence-corrected chi connectivity index (χ1v) is 8.83. The number of carbonyl (C=O) groups excluding carboxylic acids is 3. The number of nitrogens with one attached hydrogen (secondary N) is 1. The van der Waals surface area contributed by atoms with Crippen molar-refractivity contribution in [3.63, 3.8) is 0 Å². The Morgan fingerprint density at radius 3 is 2.38 bits per heavy atom. The highest BCUT2D eigenvalue weighted by molar-refractivity contribution is 6.08. The molecular formula is C19H20N2O5. The van der Waals surface area contributed by atoms with Crippen molar-refractivity contribution in [1.82, 2.24) is 4.90 Å². The molecule has 2 aliphatic heterocycles. The molecule has 2 unspecified atom stereocenters. The Morgan fingerprint density at radius 2 is 1.69 bits per heavy atom. The summed E-state index contributed by atoms with van der Waals surface area (Å²) in [5.41, 5.74) is 0.539. The van der Waals surface area contributed by atoms with E-state index < -0.39 is 5.91 Å². The molecule has 0 bridgehead atoms. The van der Waals surface area contributed by atoms with Gasteiger partial charge in [0.1, 0.15) is 6.54 Å². The van der Waals surface area contributed by atoms with Crippen molar-refractivity contribution in [3.8, 4) is 11.5 Å². The summed E-state index contributed by atoms with van der Waals surface area (Å²) in [5, 5.41) is 2.73. The smallest absolute Gasteiger partial charge is 0.244 e. The summed E-state index contributed by atoms with van der Waals surface area (Å²) in [6.07, 6.45) is 5.78. The van der Waals surface area contributed by atoms with Crippen LogP contribution >= 0.6 is 0 Å².